The average molecular weight is 527 g/mol. The molecule has 0 radical (unpaired) electrons. The molecule has 196 valence electrons. The number of carbonyl (C=O) groups is 2. The van der Waals surface area contributed by atoms with E-state index in [1.165, 1.54) is 4.31 Å². The first-order valence-electron chi connectivity index (χ1n) is 12.0. The second-order valence-corrected chi connectivity index (χ2v) is 11.4. The second kappa shape index (κ2) is 10.00. The maximum absolute atomic E-state index is 13.4. The molecule has 4 heterocycles. The Kier molecular flexibility index (Phi) is 6.75. The summed E-state index contributed by atoms with van der Waals surface area (Å²) in [6.45, 7) is 3.98. The van der Waals surface area contributed by atoms with Gasteiger partial charge in [0.2, 0.25) is 10.0 Å². The van der Waals surface area contributed by atoms with Crippen LogP contribution in [-0.2, 0) is 23.0 Å². The van der Waals surface area contributed by atoms with Crippen LogP contribution in [0.4, 0.5) is 17.2 Å². The van der Waals surface area contributed by atoms with Crippen molar-refractivity contribution in [3.8, 4) is 0 Å². The van der Waals surface area contributed by atoms with E-state index in [0.717, 1.165) is 43.8 Å². The number of aromatic amines is 2. The predicted molar refractivity (Wildman–Crippen MR) is 140 cm³/mol. The van der Waals surface area contributed by atoms with Crippen molar-refractivity contribution in [1.29, 1.82) is 0 Å². The van der Waals surface area contributed by atoms with Gasteiger partial charge in [-0.1, -0.05) is 0 Å². The van der Waals surface area contributed by atoms with Gasteiger partial charge in [0.15, 0.2) is 5.82 Å². The van der Waals surface area contributed by atoms with Crippen LogP contribution in [0.3, 0.4) is 0 Å². The van der Waals surface area contributed by atoms with Crippen molar-refractivity contribution in [1.82, 2.24) is 24.4 Å². The number of rotatable bonds is 6. The van der Waals surface area contributed by atoms with Gasteiger partial charge in [-0.25, -0.2) is 8.42 Å². The number of piperazine rings is 1. The minimum atomic E-state index is -3.38. The van der Waals surface area contributed by atoms with Crippen molar-refractivity contribution < 1.29 is 18.0 Å². The minimum Gasteiger partial charge on any atom is -0.369 e. The van der Waals surface area contributed by atoms with E-state index in [4.69, 9.17) is 0 Å². The van der Waals surface area contributed by atoms with Crippen LogP contribution in [0.5, 0.6) is 0 Å². The van der Waals surface area contributed by atoms with E-state index in [0.29, 0.717) is 29.9 Å². The van der Waals surface area contributed by atoms with Crippen LogP contribution >= 0.6 is 0 Å². The summed E-state index contributed by atoms with van der Waals surface area (Å²) in [7, 11) is -1.30. The third kappa shape index (κ3) is 5.38. The second-order valence-electron chi connectivity index (χ2n) is 9.39. The molecule has 0 bridgehead atoms. The molecule has 1 saturated heterocycles. The number of benzene rings is 1. The number of anilines is 3. The topological polar surface area (TPSA) is 147 Å². The molecule has 0 saturated carbocycles. The van der Waals surface area contributed by atoms with Gasteiger partial charge in [0.25, 0.3) is 11.8 Å². The van der Waals surface area contributed by atoms with Crippen LogP contribution in [0.1, 0.15) is 32.1 Å². The lowest BCUT2D eigenvalue weighted by Crippen LogP contribution is -2.44. The summed E-state index contributed by atoms with van der Waals surface area (Å²) in [5.74, 6) is -0.550. The van der Waals surface area contributed by atoms with E-state index in [2.05, 4.69) is 42.7 Å². The standard InChI is InChI=1S/C24H30N8O4S/c1-30-10-12-31(13-11-30)16-5-6-17(21(14-16)26-24(34)20-4-3-8-25-20)23(33)27-22-18-15-32(37(2,35)36)9-7-19(18)28-29-22/h3-6,8,14,25H,7,9-13,15H2,1-2H3,(H,26,34)(H2,27,28,29,33). The average Bonchev–Trinajstić information content (AvgIpc) is 3.54. The molecule has 12 nitrogen and oxygen atoms in total. The highest BCUT2D eigenvalue weighted by Crippen LogP contribution is 2.29. The number of nitrogens with zero attached hydrogens (tertiary/aromatic N) is 4. The molecule has 0 aliphatic carbocycles. The van der Waals surface area contributed by atoms with E-state index < -0.39 is 15.9 Å². The Morgan fingerprint density at radius 2 is 1.81 bits per heavy atom. The zero-order chi connectivity index (χ0) is 26.2. The Balaban J connectivity index is 1.42. The Morgan fingerprint density at radius 3 is 2.51 bits per heavy atom. The lowest BCUT2D eigenvalue weighted by molar-refractivity contribution is 0.102. The molecule has 37 heavy (non-hydrogen) atoms. The lowest BCUT2D eigenvalue weighted by atomic mass is 10.1. The van der Waals surface area contributed by atoms with Gasteiger partial charge in [-0.15, -0.1) is 0 Å². The molecule has 2 aliphatic rings. The fourth-order valence-corrected chi connectivity index (χ4v) is 5.37. The van der Waals surface area contributed by atoms with E-state index in [-0.39, 0.29) is 23.8 Å². The number of carbonyl (C=O) groups excluding carboxylic acids is 2. The van der Waals surface area contributed by atoms with E-state index in [1.807, 2.05) is 12.1 Å². The van der Waals surface area contributed by atoms with Gasteiger partial charge < -0.3 is 25.4 Å². The highest BCUT2D eigenvalue weighted by Gasteiger charge is 2.28. The maximum Gasteiger partial charge on any atom is 0.272 e. The highest BCUT2D eigenvalue weighted by atomic mass is 32.2. The minimum absolute atomic E-state index is 0.124. The van der Waals surface area contributed by atoms with Gasteiger partial charge in [-0.2, -0.15) is 9.40 Å². The molecule has 13 heteroatoms. The van der Waals surface area contributed by atoms with Crippen LogP contribution < -0.4 is 15.5 Å². The zero-order valence-electron chi connectivity index (χ0n) is 20.7. The molecular weight excluding hydrogens is 496 g/mol. The first kappa shape index (κ1) is 25.0. The first-order valence-corrected chi connectivity index (χ1v) is 13.9. The van der Waals surface area contributed by atoms with Gasteiger partial charge in [0, 0.05) is 68.8 Å². The van der Waals surface area contributed by atoms with Crippen molar-refractivity contribution in [2.24, 2.45) is 0 Å². The van der Waals surface area contributed by atoms with Crippen LogP contribution in [0.2, 0.25) is 0 Å². The zero-order valence-corrected chi connectivity index (χ0v) is 21.6. The van der Waals surface area contributed by atoms with Gasteiger partial charge >= 0.3 is 0 Å². The van der Waals surface area contributed by atoms with Crippen molar-refractivity contribution in [2.45, 2.75) is 13.0 Å². The fraction of sp³-hybridized carbons (Fsp3) is 0.375. The molecule has 2 aromatic heterocycles. The third-order valence-corrected chi connectivity index (χ3v) is 8.06. The number of H-pyrrole nitrogens is 2. The summed E-state index contributed by atoms with van der Waals surface area (Å²) in [4.78, 5) is 33.6. The molecule has 0 spiro atoms. The van der Waals surface area contributed by atoms with Crippen LogP contribution in [0.15, 0.2) is 36.5 Å². The summed E-state index contributed by atoms with van der Waals surface area (Å²) >= 11 is 0. The summed E-state index contributed by atoms with van der Waals surface area (Å²) in [5, 5.41) is 12.8. The monoisotopic (exact) mass is 526 g/mol. The number of amides is 2. The predicted octanol–water partition coefficient (Wildman–Crippen LogP) is 1.31. The summed E-state index contributed by atoms with van der Waals surface area (Å²) in [6.07, 6.45) is 3.30. The number of fused-ring (bicyclic) bond motifs is 1. The molecule has 0 atom stereocenters. The van der Waals surface area contributed by atoms with Crippen LogP contribution in [-0.4, -0.2) is 90.6 Å². The number of sulfonamides is 1. The molecule has 4 N–H and O–H groups in total. The number of likely N-dealkylation sites (N-methyl/N-ethyl adjacent to an activating group) is 1. The van der Waals surface area contributed by atoms with E-state index >= 15 is 0 Å². The van der Waals surface area contributed by atoms with Gasteiger partial charge in [0.05, 0.1) is 17.5 Å². The maximum atomic E-state index is 13.4. The number of nitrogens with one attached hydrogen (secondary N) is 4. The lowest BCUT2D eigenvalue weighted by Gasteiger charge is -2.34. The van der Waals surface area contributed by atoms with Crippen molar-refractivity contribution in [3.63, 3.8) is 0 Å². The summed E-state index contributed by atoms with van der Waals surface area (Å²) in [5.41, 5.74) is 3.35. The smallest absolute Gasteiger partial charge is 0.272 e. The molecule has 2 aliphatic heterocycles. The quantitative estimate of drug-likeness (QED) is 0.379. The summed E-state index contributed by atoms with van der Waals surface area (Å²) < 4.78 is 25.5. The van der Waals surface area contributed by atoms with Crippen molar-refractivity contribution in [3.05, 3.63) is 59.0 Å². The Morgan fingerprint density at radius 1 is 1.03 bits per heavy atom. The van der Waals surface area contributed by atoms with Gasteiger partial charge in [0.1, 0.15) is 5.69 Å². The molecular formula is C24H30N8O4S. The van der Waals surface area contributed by atoms with E-state index in [1.54, 1.807) is 24.4 Å². The van der Waals surface area contributed by atoms with Crippen LogP contribution in [0, 0.1) is 0 Å². The fourth-order valence-electron chi connectivity index (χ4n) is 4.59. The van der Waals surface area contributed by atoms with Crippen LogP contribution in [0.25, 0.3) is 0 Å². The SMILES string of the molecule is CN1CCN(c2ccc(C(=O)Nc3n[nH]c4c3CN(S(C)(=O)=O)CC4)c(NC(=O)c3ccc[nH]3)c2)CC1. The normalized spacial score (nSPS) is 16.9. The van der Waals surface area contributed by atoms with Crippen molar-refractivity contribution in [2.75, 3.05) is 61.6 Å². The molecule has 3 aromatic rings. The number of aromatic nitrogens is 3. The van der Waals surface area contributed by atoms with Gasteiger partial charge in [-0.3, -0.25) is 14.7 Å². The Hall–Kier alpha value is -3.68. The van der Waals surface area contributed by atoms with Gasteiger partial charge in [-0.05, 0) is 37.4 Å². The third-order valence-electron chi connectivity index (χ3n) is 6.81. The number of hydrogen-bond acceptors (Lipinski definition) is 7. The van der Waals surface area contributed by atoms with E-state index in [9.17, 15) is 18.0 Å². The molecule has 5 rings (SSSR count). The van der Waals surface area contributed by atoms with Crippen molar-refractivity contribution >= 4 is 39.0 Å². The molecule has 0 unspecified atom stereocenters. The Labute approximate surface area is 215 Å². The molecule has 1 aromatic carbocycles. The molecule has 1 fully saturated rings. The summed E-state index contributed by atoms with van der Waals surface area (Å²) in [6, 6.07) is 8.75. The first-order chi connectivity index (χ1) is 17.7. The molecule has 2 amide bonds. The highest BCUT2D eigenvalue weighted by molar-refractivity contribution is 7.88. The number of hydrogen-bond donors (Lipinski definition) is 4. The largest absolute Gasteiger partial charge is 0.369 e. The Bertz CT molecular complexity index is 1410.